The number of hydrogen-bond donors (Lipinski definition) is 5. The third-order valence-electron chi connectivity index (χ3n) is 6.87. The molecule has 1 saturated heterocycles. The molecule has 3 heterocycles. The van der Waals surface area contributed by atoms with Gasteiger partial charge in [0.25, 0.3) is 0 Å². The minimum Gasteiger partial charge on any atom is -0.371 e. The number of amides is 4. The van der Waals surface area contributed by atoms with Gasteiger partial charge in [0.05, 0.1) is 25.2 Å². The SMILES string of the molecule is CC(=O)[C@@H]1C/C=C/CO[C@@H]2CCN(C(C)=O)C2C(=O)N[C@H]2CCCN=C(N)NOC(=O)CCC(NC2=O)C(=O)N1. The van der Waals surface area contributed by atoms with Gasteiger partial charge in [-0.25, -0.2) is 4.79 Å². The van der Waals surface area contributed by atoms with Crippen LogP contribution >= 0.6 is 0 Å². The summed E-state index contributed by atoms with van der Waals surface area (Å²) < 4.78 is 5.90. The van der Waals surface area contributed by atoms with Gasteiger partial charge < -0.3 is 36.2 Å². The van der Waals surface area contributed by atoms with Gasteiger partial charge in [-0.05, 0) is 39.0 Å². The number of fused-ring (bicyclic) bond motifs is 4. The quantitative estimate of drug-likeness (QED) is 0.220. The highest BCUT2D eigenvalue weighted by molar-refractivity contribution is 5.96. The Bertz CT molecular complexity index is 1060. The number of hydroxylamine groups is 1. The number of aliphatic imine (C=N–C) groups is 1. The monoisotopic (exact) mass is 563 g/mol. The van der Waals surface area contributed by atoms with Gasteiger partial charge in [0.15, 0.2) is 5.78 Å². The van der Waals surface area contributed by atoms with E-state index in [1.165, 1.54) is 18.7 Å². The maximum Gasteiger partial charge on any atom is 0.332 e. The summed E-state index contributed by atoms with van der Waals surface area (Å²) >= 11 is 0. The molecule has 0 spiro atoms. The van der Waals surface area contributed by atoms with Gasteiger partial charge in [-0.3, -0.25) is 29.0 Å². The van der Waals surface area contributed by atoms with Crippen LogP contribution in [-0.2, 0) is 38.3 Å². The normalized spacial score (nSPS) is 30.3. The summed E-state index contributed by atoms with van der Waals surface area (Å²) in [6, 6.07) is -4.16. The largest absolute Gasteiger partial charge is 0.371 e. The van der Waals surface area contributed by atoms with Gasteiger partial charge in [0.1, 0.15) is 18.1 Å². The molecule has 0 aromatic heterocycles. The van der Waals surface area contributed by atoms with Crippen molar-refractivity contribution in [2.75, 3.05) is 19.7 Å². The molecule has 3 rings (SSSR count). The Morgan fingerprint density at radius 3 is 2.40 bits per heavy atom. The number of nitrogens with zero attached hydrogens (tertiary/aromatic N) is 2. The van der Waals surface area contributed by atoms with Crippen LogP contribution in [0, 0.1) is 0 Å². The molecule has 0 saturated carbocycles. The first-order valence-electron chi connectivity index (χ1n) is 13.3. The molecule has 5 atom stereocenters. The van der Waals surface area contributed by atoms with Crippen molar-refractivity contribution in [3.63, 3.8) is 0 Å². The first-order valence-corrected chi connectivity index (χ1v) is 13.3. The van der Waals surface area contributed by atoms with E-state index in [4.69, 9.17) is 15.3 Å². The molecular formula is C25H37N7O8. The van der Waals surface area contributed by atoms with Crippen molar-refractivity contribution in [2.24, 2.45) is 10.7 Å². The number of carbonyl (C=O) groups excluding carboxylic acids is 6. The lowest BCUT2D eigenvalue weighted by atomic mass is 10.0. The van der Waals surface area contributed by atoms with Crippen LogP contribution in [-0.4, -0.2) is 96.2 Å². The second kappa shape index (κ2) is 14.4. The Balaban J connectivity index is 1.96. The molecule has 0 radical (unpaired) electrons. The zero-order valence-electron chi connectivity index (χ0n) is 22.6. The molecule has 40 heavy (non-hydrogen) atoms. The number of rotatable bonds is 1. The number of hydrogen-bond acceptors (Lipinski definition) is 11. The Labute approximate surface area is 231 Å². The number of likely N-dealkylation sites (tertiary alicyclic amines) is 1. The van der Waals surface area contributed by atoms with E-state index in [-0.39, 0.29) is 56.5 Å². The zero-order valence-corrected chi connectivity index (χ0v) is 22.6. The van der Waals surface area contributed by atoms with Crippen molar-refractivity contribution < 1.29 is 38.3 Å². The number of Topliss-reactive ketones (excluding diaryl/α,β-unsaturated/α-hetero) is 1. The number of carbonyl (C=O) groups is 6. The average Bonchev–Trinajstić information content (AvgIpc) is 3.33. The van der Waals surface area contributed by atoms with Crippen LogP contribution < -0.4 is 27.2 Å². The molecular weight excluding hydrogens is 526 g/mol. The lowest BCUT2D eigenvalue weighted by Gasteiger charge is -2.29. The van der Waals surface area contributed by atoms with Gasteiger partial charge in [-0.1, -0.05) is 12.2 Å². The Morgan fingerprint density at radius 2 is 1.68 bits per heavy atom. The van der Waals surface area contributed by atoms with Gasteiger partial charge in [0.2, 0.25) is 29.6 Å². The molecule has 15 nitrogen and oxygen atoms in total. The molecule has 220 valence electrons. The first-order chi connectivity index (χ1) is 19.1. The van der Waals surface area contributed by atoms with Crippen LogP contribution in [0.3, 0.4) is 0 Å². The van der Waals surface area contributed by atoms with Crippen molar-refractivity contribution in [1.82, 2.24) is 26.3 Å². The molecule has 0 aliphatic carbocycles. The van der Waals surface area contributed by atoms with Crippen LogP contribution in [0.2, 0.25) is 0 Å². The van der Waals surface area contributed by atoms with E-state index < -0.39 is 54.0 Å². The molecule has 3 aliphatic rings. The fourth-order valence-corrected chi connectivity index (χ4v) is 4.70. The molecule has 3 aliphatic heterocycles. The molecule has 1 fully saturated rings. The second-order valence-electron chi connectivity index (χ2n) is 9.84. The number of nitrogens with one attached hydrogen (secondary N) is 4. The van der Waals surface area contributed by atoms with Crippen molar-refractivity contribution in [1.29, 1.82) is 0 Å². The number of nitrogens with two attached hydrogens (primary N) is 1. The van der Waals surface area contributed by atoms with Crippen LogP contribution in [0.1, 0.15) is 52.4 Å². The zero-order chi connectivity index (χ0) is 29.2. The number of ether oxygens (including phenoxy) is 1. The average molecular weight is 564 g/mol. The summed E-state index contributed by atoms with van der Waals surface area (Å²) in [5.74, 6) is -3.44. The minimum absolute atomic E-state index is 0.112. The summed E-state index contributed by atoms with van der Waals surface area (Å²) in [5.41, 5.74) is 7.93. The van der Waals surface area contributed by atoms with E-state index in [9.17, 15) is 28.8 Å². The number of ketones is 1. The van der Waals surface area contributed by atoms with E-state index in [2.05, 4.69) is 26.4 Å². The van der Waals surface area contributed by atoms with E-state index in [1.54, 1.807) is 12.2 Å². The Morgan fingerprint density at radius 1 is 0.975 bits per heavy atom. The Hall–Kier alpha value is -4.01. The summed E-state index contributed by atoms with van der Waals surface area (Å²) in [5, 5.41) is 7.96. The maximum absolute atomic E-state index is 13.5. The van der Waals surface area contributed by atoms with Crippen molar-refractivity contribution >= 4 is 41.3 Å². The lowest BCUT2D eigenvalue weighted by molar-refractivity contribution is -0.148. The van der Waals surface area contributed by atoms with Crippen LogP contribution in [0.25, 0.3) is 0 Å². The highest BCUT2D eigenvalue weighted by Gasteiger charge is 2.42. The second-order valence-corrected chi connectivity index (χ2v) is 9.84. The predicted octanol–water partition coefficient (Wildman–Crippen LogP) is -2.07. The number of guanidine groups is 1. The third-order valence-corrected chi connectivity index (χ3v) is 6.87. The fourth-order valence-electron chi connectivity index (χ4n) is 4.70. The maximum atomic E-state index is 13.5. The lowest BCUT2D eigenvalue weighted by Crippen LogP contribution is -2.58. The van der Waals surface area contributed by atoms with Crippen LogP contribution in [0.15, 0.2) is 17.1 Å². The molecule has 0 aromatic carbocycles. The molecule has 15 heteroatoms. The molecule has 4 amide bonds. The highest BCUT2D eigenvalue weighted by Crippen LogP contribution is 2.22. The van der Waals surface area contributed by atoms with Gasteiger partial charge in [-0.15, -0.1) is 0 Å². The third kappa shape index (κ3) is 8.49. The standard InChI is InChI=1S/C25H37N7O8/c1-14(33)16-6-3-4-13-39-19-10-12-32(15(2)34)21(19)24(38)30-17-7-5-11-27-25(26)31-40-20(35)9-8-18(23(37)28-16)29-22(17)36/h3-4,16-19,21H,5-13H2,1-2H3,(H,28,37)(H,29,36)(H,30,38)(H3,26,27,31)/b4-3+/t16-,17-,18?,19+,21?/m0/s1. The van der Waals surface area contributed by atoms with Crippen LogP contribution in [0.4, 0.5) is 0 Å². The fraction of sp³-hybridized carbons (Fsp3) is 0.640. The van der Waals surface area contributed by atoms with Gasteiger partial charge in [-0.2, -0.15) is 5.48 Å². The van der Waals surface area contributed by atoms with Crippen LogP contribution in [0.5, 0.6) is 0 Å². The van der Waals surface area contributed by atoms with Crippen molar-refractivity contribution in [3.05, 3.63) is 12.2 Å². The molecule has 2 unspecified atom stereocenters. The van der Waals surface area contributed by atoms with Gasteiger partial charge in [0, 0.05) is 20.0 Å². The molecule has 6 N–H and O–H groups in total. The van der Waals surface area contributed by atoms with Gasteiger partial charge >= 0.3 is 5.97 Å². The van der Waals surface area contributed by atoms with Crippen molar-refractivity contribution in [2.45, 2.75) is 82.6 Å². The summed E-state index contributed by atoms with van der Waals surface area (Å²) in [6.45, 7) is 3.25. The van der Waals surface area contributed by atoms with E-state index in [1.807, 2.05) is 0 Å². The predicted molar refractivity (Wildman–Crippen MR) is 140 cm³/mol. The summed E-state index contributed by atoms with van der Waals surface area (Å²) in [4.78, 5) is 87.1. The van der Waals surface area contributed by atoms with Crippen molar-refractivity contribution in [3.8, 4) is 0 Å². The minimum atomic E-state index is -1.22. The van der Waals surface area contributed by atoms with E-state index in [0.717, 1.165) is 0 Å². The topological polar surface area (TPSA) is 211 Å². The van der Waals surface area contributed by atoms with E-state index in [0.29, 0.717) is 19.4 Å². The summed E-state index contributed by atoms with van der Waals surface area (Å²) in [6.07, 6.45) is 3.29. The first kappa shape index (κ1) is 30.5. The highest BCUT2D eigenvalue weighted by atomic mass is 16.7. The Kier molecular flexibility index (Phi) is 11.0. The smallest absolute Gasteiger partial charge is 0.332 e. The summed E-state index contributed by atoms with van der Waals surface area (Å²) in [7, 11) is 0. The van der Waals surface area contributed by atoms with E-state index >= 15 is 0 Å². The molecule has 0 aromatic rings. The molecule has 2 bridgehead atoms.